The molecule has 2 aliphatic heterocycles. The summed E-state index contributed by atoms with van der Waals surface area (Å²) in [5, 5.41) is 2.89. The summed E-state index contributed by atoms with van der Waals surface area (Å²) >= 11 is 0. The molecule has 2 aliphatic rings. The molecule has 6 nitrogen and oxygen atoms in total. The van der Waals surface area contributed by atoms with Crippen molar-refractivity contribution in [1.82, 2.24) is 10.2 Å². The fourth-order valence-corrected chi connectivity index (χ4v) is 3.29. The Morgan fingerprint density at radius 2 is 1.67 bits per heavy atom. The zero-order valence-electron chi connectivity index (χ0n) is 15.0. The molecule has 27 heavy (non-hydrogen) atoms. The summed E-state index contributed by atoms with van der Waals surface area (Å²) in [4.78, 5) is 16.4. The van der Waals surface area contributed by atoms with Crippen LogP contribution in [0, 0.1) is 5.82 Å². The Morgan fingerprint density at radius 3 is 2.41 bits per heavy atom. The minimum absolute atomic E-state index is 0.0962. The van der Waals surface area contributed by atoms with Gasteiger partial charge in [-0.25, -0.2) is 9.18 Å². The van der Waals surface area contributed by atoms with Gasteiger partial charge in [0.15, 0.2) is 11.5 Å². The molecule has 1 saturated heterocycles. The number of carbonyl (C=O) groups excluding carboxylic acids is 1. The van der Waals surface area contributed by atoms with Crippen molar-refractivity contribution in [3.63, 3.8) is 0 Å². The highest BCUT2D eigenvalue weighted by Gasteiger charge is 2.22. The number of carbonyl (C=O) groups is 1. The first-order valence-electron chi connectivity index (χ1n) is 9.11. The predicted octanol–water partition coefficient (Wildman–Crippen LogP) is 2.63. The highest BCUT2D eigenvalue weighted by Crippen LogP contribution is 2.34. The average Bonchev–Trinajstić information content (AvgIpc) is 2.73. The molecule has 0 unspecified atom stereocenters. The molecule has 0 saturated carbocycles. The van der Waals surface area contributed by atoms with Crippen LogP contribution in [0.15, 0.2) is 42.5 Å². The number of benzene rings is 2. The van der Waals surface area contributed by atoms with E-state index in [4.69, 9.17) is 9.47 Å². The Kier molecular flexibility index (Phi) is 5.00. The molecule has 2 aromatic rings. The molecule has 0 atom stereocenters. The van der Waals surface area contributed by atoms with E-state index >= 15 is 0 Å². The molecule has 142 valence electrons. The normalized spacial score (nSPS) is 16.2. The van der Waals surface area contributed by atoms with Crippen molar-refractivity contribution >= 4 is 11.7 Å². The summed E-state index contributed by atoms with van der Waals surface area (Å²) < 4.78 is 24.1. The van der Waals surface area contributed by atoms with Crippen molar-refractivity contribution in [1.29, 1.82) is 0 Å². The van der Waals surface area contributed by atoms with Crippen LogP contribution in [-0.2, 0) is 6.54 Å². The third-order valence-corrected chi connectivity index (χ3v) is 4.81. The molecule has 7 heteroatoms. The fourth-order valence-electron chi connectivity index (χ4n) is 3.29. The first-order chi connectivity index (χ1) is 13.2. The minimum Gasteiger partial charge on any atom is -0.486 e. The maximum atomic E-state index is 12.9. The lowest BCUT2D eigenvalue weighted by Gasteiger charge is -2.36. The van der Waals surface area contributed by atoms with Crippen molar-refractivity contribution in [2.75, 3.05) is 44.3 Å². The molecule has 0 bridgehead atoms. The van der Waals surface area contributed by atoms with Gasteiger partial charge in [0.05, 0.1) is 0 Å². The lowest BCUT2D eigenvalue weighted by molar-refractivity contribution is 0.171. The van der Waals surface area contributed by atoms with E-state index in [2.05, 4.69) is 10.2 Å². The number of piperazine rings is 1. The number of fused-ring (bicyclic) bond motifs is 1. The molecule has 0 spiro atoms. The number of ether oxygens (including phenoxy) is 2. The van der Waals surface area contributed by atoms with Crippen LogP contribution in [0.1, 0.15) is 5.56 Å². The molecular weight excluding hydrogens is 349 g/mol. The number of amides is 2. The molecule has 4 rings (SSSR count). The fraction of sp³-hybridized carbons (Fsp3) is 0.350. The van der Waals surface area contributed by atoms with Crippen LogP contribution in [0.25, 0.3) is 0 Å². The van der Waals surface area contributed by atoms with Crippen molar-refractivity contribution in [3.05, 3.63) is 53.8 Å². The molecular formula is C20H22FN3O3. The zero-order chi connectivity index (χ0) is 18.6. The number of rotatable bonds is 3. The van der Waals surface area contributed by atoms with E-state index in [9.17, 15) is 9.18 Å². The number of nitrogens with one attached hydrogen (secondary N) is 1. The summed E-state index contributed by atoms with van der Waals surface area (Å²) in [6, 6.07) is 12.0. The van der Waals surface area contributed by atoms with Gasteiger partial charge in [-0.2, -0.15) is 0 Å². The van der Waals surface area contributed by atoms with Gasteiger partial charge in [-0.1, -0.05) is 12.1 Å². The van der Waals surface area contributed by atoms with Crippen molar-refractivity contribution in [3.8, 4) is 11.5 Å². The van der Waals surface area contributed by atoms with Gasteiger partial charge in [0.2, 0.25) is 0 Å². The molecule has 0 radical (unpaired) electrons. The third-order valence-electron chi connectivity index (χ3n) is 4.81. The van der Waals surface area contributed by atoms with Crippen LogP contribution < -0.4 is 19.7 Å². The van der Waals surface area contributed by atoms with Gasteiger partial charge < -0.3 is 24.6 Å². The molecule has 1 N–H and O–H groups in total. The monoisotopic (exact) mass is 371 g/mol. The summed E-state index contributed by atoms with van der Waals surface area (Å²) in [5.41, 5.74) is 1.95. The van der Waals surface area contributed by atoms with Crippen LogP contribution >= 0.6 is 0 Å². The SMILES string of the molecule is O=C(NCc1ccc(F)cc1)N1CCN(c2ccc3c(c2)OCCO3)CC1. The zero-order valence-corrected chi connectivity index (χ0v) is 15.0. The highest BCUT2D eigenvalue weighted by molar-refractivity contribution is 5.74. The molecule has 2 heterocycles. The van der Waals surface area contributed by atoms with Gasteiger partial charge in [-0.15, -0.1) is 0 Å². The van der Waals surface area contributed by atoms with E-state index < -0.39 is 0 Å². The van der Waals surface area contributed by atoms with Crippen LogP contribution in [-0.4, -0.2) is 50.3 Å². The number of urea groups is 1. The van der Waals surface area contributed by atoms with E-state index in [0.717, 1.165) is 35.8 Å². The average molecular weight is 371 g/mol. The summed E-state index contributed by atoms with van der Waals surface area (Å²) in [6.07, 6.45) is 0. The van der Waals surface area contributed by atoms with E-state index in [1.54, 1.807) is 17.0 Å². The van der Waals surface area contributed by atoms with Crippen LogP contribution in [0.3, 0.4) is 0 Å². The first-order valence-corrected chi connectivity index (χ1v) is 9.11. The molecule has 2 aromatic carbocycles. The number of hydrogen-bond acceptors (Lipinski definition) is 4. The standard InChI is InChI=1S/C20H22FN3O3/c21-16-3-1-15(2-4-16)14-22-20(25)24-9-7-23(8-10-24)17-5-6-18-19(13-17)27-12-11-26-18/h1-6,13H,7-12,14H2,(H,22,25). The maximum absolute atomic E-state index is 12.9. The van der Waals surface area contributed by atoms with E-state index in [1.807, 2.05) is 18.2 Å². The van der Waals surface area contributed by atoms with Gasteiger partial charge in [-0.3, -0.25) is 0 Å². The third kappa shape index (κ3) is 4.07. The van der Waals surface area contributed by atoms with Crippen LogP contribution in [0.2, 0.25) is 0 Å². The predicted molar refractivity (Wildman–Crippen MR) is 99.9 cm³/mol. The van der Waals surface area contributed by atoms with Gasteiger partial charge in [0, 0.05) is 44.5 Å². The van der Waals surface area contributed by atoms with Crippen molar-refractivity contribution < 1.29 is 18.7 Å². The Hall–Kier alpha value is -2.96. The highest BCUT2D eigenvalue weighted by atomic mass is 19.1. The van der Waals surface area contributed by atoms with Gasteiger partial charge in [0.25, 0.3) is 0 Å². The summed E-state index contributed by atoms with van der Waals surface area (Å²) in [6.45, 7) is 4.33. The Morgan fingerprint density at radius 1 is 0.963 bits per heavy atom. The van der Waals surface area contributed by atoms with Gasteiger partial charge in [-0.05, 0) is 29.8 Å². The van der Waals surface area contributed by atoms with Crippen molar-refractivity contribution in [2.24, 2.45) is 0 Å². The second-order valence-electron chi connectivity index (χ2n) is 6.59. The van der Waals surface area contributed by atoms with Crippen LogP contribution in [0.5, 0.6) is 11.5 Å². The summed E-state index contributed by atoms with van der Waals surface area (Å²) in [7, 11) is 0. The van der Waals surface area contributed by atoms with E-state index in [-0.39, 0.29) is 11.8 Å². The van der Waals surface area contributed by atoms with Crippen LogP contribution in [0.4, 0.5) is 14.9 Å². The number of nitrogens with zero attached hydrogens (tertiary/aromatic N) is 2. The second kappa shape index (κ2) is 7.73. The second-order valence-corrected chi connectivity index (χ2v) is 6.59. The largest absolute Gasteiger partial charge is 0.486 e. The van der Waals surface area contributed by atoms with Gasteiger partial charge in [0.1, 0.15) is 19.0 Å². The van der Waals surface area contributed by atoms with Gasteiger partial charge >= 0.3 is 6.03 Å². The van der Waals surface area contributed by atoms with E-state index in [1.165, 1.54) is 12.1 Å². The number of halogens is 1. The Balaban J connectivity index is 1.29. The van der Waals surface area contributed by atoms with E-state index in [0.29, 0.717) is 32.8 Å². The molecule has 2 amide bonds. The lowest BCUT2D eigenvalue weighted by Crippen LogP contribution is -2.51. The number of hydrogen-bond donors (Lipinski definition) is 1. The smallest absolute Gasteiger partial charge is 0.317 e. The topological polar surface area (TPSA) is 54.0 Å². The Labute approximate surface area is 157 Å². The molecule has 0 aliphatic carbocycles. The maximum Gasteiger partial charge on any atom is 0.317 e. The first kappa shape index (κ1) is 17.5. The molecule has 1 fully saturated rings. The quantitative estimate of drug-likeness (QED) is 0.901. The Bertz CT molecular complexity index is 805. The minimum atomic E-state index is -0.277. The lowest BCUT2D eigenvalue weighted by atomic mass is 10.2. The summed E-state index contributed by atoms with van der Waals surface area (Å²) in [5.74, 6) is 1.28. The van der Waals surface area contributed by atoms with Crippen molar-refractivity contribution in [2.45, 2.75) is 6.54 Å². The number of anilines is 1. The molecule has 0 aromatic heterocycles.